The number of hydrogen-bond acceptors (Lipinski definition) is 5. The topological polar surface area (TPSA) is 110 Å². The standard InChI is InChI=1S/C14H19N5O3S/c1-8-14(9(2)19(3)17-8)23(21,22)18-11-4-5-12-10(6-11)7-13(20)16-15-12/h7,11,18H,4-6H2,1-3H3,(H,16,20). The van der Waals surface area contributed by atoms with Gasteiger partial charge >= 0.3 is 0 Å². The van der Waals surface area contributed by atoms with Crippen molar-refractivity contribution in [3.8, 4) is 0 Å². The van der Waals surface area contributed by atoms with E-state index in [2.05, 4.69) is 20.0 Å². The highest BCUT2D eigenvalue weighted by Gasteiger charge is 2.29. The summed E-state index contributed by atoms with van der Waals surface area (Å²) >= 11 is 0. The fraction of sp³-hybridized carbons (Fsp3) is 0.500. The molecule has 2 aromatic rings. The molecule has 0 radical (unpaired) electrons. The Hall–Kier alpha value is -2.00. The first-order valence-corrected chi connectivity index (χ1v) is 8.86. The van der Waals surface area contributed by atoms with Crippen LogP contribution in [0.2, 0.25) is 0 Å². The van der Waals surface area contributed by atoms with Gasteiger partial charge in [0.2, 0.25) is 10.0 Å². The van der Waals surface area contributed by atoms with Crippen LogP contribution in [0.5, 0.6) is 0 Å². The number of aromatic nitrogens is 4. The Morgan fingerprint density at radius 3 is 2.78 bits per heavy atom. The van der Waals surface area contributed by atoms with E-state index in [4.69, 9.17) is 0 Å². The summed E-state index contributed by atoms with van der Waals surface area (Å²) in [6.07, 6.45) is 1.73. The maximum Gasteiger partial charge on any atom is 0.264 e. The minimum absolute atomic E-state index is 0.231. The third-order valence-corrected chi connectivity index (χ3v) is 5.98. The lowest BCUT2D eigenvalue weighted by Crippen LogP contribution is -2.39. The van der Waals surface area contributed by atoms with E-state index >= 15 is 0 Å². The van der Waals surface area contributed by atoms with Crippen LogP contribution < -0.4 is 10.3 Å². The molecule has 2 heterocycles. The molecule has 0 spiro atoms. The number of rotatable bonds is 3. The number of hydrogen-bond donors (Lipinski definition) is 2. The second-order valence-corrected chi connectivity index (χ2v) is 7.54. The second kappa shape index (κ2) is 5.57. The minimum Gasteiger partial charge on any atom is -0.271 e. The molecule has 0 saturated heterocycles. The average molecular weight is 337 g/mol. The molecule has 0 amide bonds. The van der Waals surface area contributed by atoms with E-state index in [1.807, 2.05) is 0 Å². The largest absolute Gasteiger partial charge is 0.271 e. The van der Waals surface area contributed by atoms with Gasteiger partial charge in [0.05, 0.1) is 17.1 Å². The average Bonchev–Trinajstić information content (AvgIpc) is 2.71. The van der Waals surface area contributed by atoms with E-state index in [-0.39, 0.29) is 16.5 Å². The summed E-state index contributed by atoms with van der Waals surface area (Å²) in [7, 11) is -1.93. The summed E-state index contributed by atoms with van der Waals surface area (Å²) in [5, 5.41) is 10.6. The van der Waals surface area contributed by atoms with E-state index < -0.39 is 10.0 Å². The van der Waals surface area contributed by atoms with Crippen LogP contribution in [0.25, 0.3) is 0 Å². The molecule has 0 aliphatic heterocycles. The Kier molecular flexibility index (Phi) is 3.85. The summed E-state index contributed by atoms with van der Waals surface area (Å²) in [6.45, 7) is 3.41. The van der Waals surface area contributed by atoms with Crippen molar-refractivity contribution in [2.45, 2.75) is 44.0 Å². The summed E-state index contributed by atoms with van der Waals surface area (Å²) in [4.78, 5) is 11.6. The lowest BCUT2D eigenvalue weighted by Gasteiger charge is -2.24. The zero-order valence-electron chi connectivity index (χ0n) is 13.3. The zero-order valence-corrected chi connectivity index (χ0v) is 14.1. The summed E-state index contributed by atoms with van der Waals surface area (Å²) in [6, 6.07) is 1.23. The van der Waals surface area contributed by atoms with Crippen molar-refractivity contribution >= 4 is 10.0 Å². The van der Waals surface area contributed by atoms with Crippen molar-refractivity contribution in [2.24, 2.45) is 7.05 Å². The Bertz CT molecular complexity index is 913. The van der Waals surface area contributed by atoms with Crippen LogP contribution in [0, 0.1) is 13.8 Å². The predicted molar refractivity (Wildman–Crippen MR) is 83.7 cm³/mol. The Balaban J connectivity index is 1.86. The van der Waals surface area contributed by atoms with Crippen molar-refractivity contribution in [1.29, 1.82) is 0 Å². The molecular weight excluding hydrogens is 318 g/mol. The van der Waals surface area contributed by atoms with E-state index in [0.717, 1.165) is 11.3 Å². The molecule has 23 heavy (non-hydrogen) atoms. The van der Waals surface area contributed by atoms with Gasteiger partial charge in [-0.25, -0.2) is 18.2 Å². The molecule has 1 aliphatic rings. The molecule has 1 aliphatic carbocycles. The van der Waals surface area contributed by atoms with Gasteiger partial charge in [-0.15, -0.1) is 0 Å². The van der Waals surface area contributed by atoms with Gasteiger partial charge < -0.3 is 0 Å². The summed E-state index contributed by atoms with van der Waals surface area (Å²) < 4.78 is 29.7. The molecular formula is C14H19N5O3S. The first-order chi connectivity index (χ1) is 10.8. The third kappa shape index (κ3) is 2.93. The highest BCUT2D eigenvalue weighted by molar-refractivity contribution is 7.89. The molecule has 124 valence electrons. The fourth-order valence-corrected chi connectivity index (χ4v) is 4.77. The summed E-state index contributed by atoms with van der Waals surface area (Å²) in [5.74, 6) is 0. The highest BCUT2D eigenvalue weighted by atomic mass is 32.2. The maximum atomic E-state index is 12.7. The molecule has 0 fully saturated rings. The molecule has 2 N–H and O–H groups in total. The predicted octanol–water partition coefficient (Wildman–Crippen LogP) is -0.0440. The van der Waals surface area contributed by atoms with Crippen LogP contribution >= 0.6 is 0 Å². The third-order valence-electron chi connectivity index (χ3n) is 4.21. The molecule has 0 aromatic carbocycles. The van der Waals surface area contributed by atoms with Gasteiger partial charge in [0, 0.05) is 19.2 Å². The number of fused-ring (bicyclic) bond motifs is 1. The molecule has 8 nitrogen and oxygen atoms in total. The quantitative estimate of drug-likeness (QED) is 0.816. The smallest absolute Gasteiger partial charge is 0.264 e. The number of aromatic amines is 1. The second-order valence-electron chi connectivity index (χ2n) is 5.89. The van der Waals surface area contributed by atoms with Gasteiger partial charge in [0.15, 0.2) is 0 Å². The van der Waals surface area contributed by atoms with Crippen LogP contribution in [0.3, 0.4) is 0 Å². The van der Waals surface area contributed by atoms with Crippen molar-refractivity contribution in [1.82, 2.24) is 24.7 Å². The molecule has 2 aromatic heterocycles. The van der Waals surface area contributed by atoms with Gasteiger partial charge in [-0.2, -0.15) is 10.2 Å². The monoisotopic (exact) mass is 337 g/mol. The van der Waals surface area contributed by atoms with Crippen LogP contribution in [0.15, 0.2) is 15.8 Å². The van der Waals surface area contributed by atoms with Crippen molar-refractivity contribution in [2.75, 3.05) is 0 Å². The van der Waals surface area contributed by atoms with E-state index in [0.29, 0.717) is 30.7 Å². The molecule has 0 bridgehead atoms. The molecule has 3 rings (SSSR count). The number of nitrogens with zero attached hydrogens (tertiary/aromatic N) is 3. The number of sulfonamides is 1. The zero-order chi connectivity index (χ0) is 16.8. The van der Waals surface area contributed by atoms with Crippen molar-refractivity contribution in [3.63, 3.8) is 0 Å². The number of nitrogens with one attached hydrogen (secondary N) is 2. The van der Waals surface area contributed by atoms with Crippen LogP contribution in [0.4, 0.5) is 0 Å². The van der Waals surface area contributed by atoms with Gasteiger partial charge in [-0.1, -0.05) is 0 Å². The van der Waals surface area contributed by atoms with Crippen molar-refractivity contribution in [3.05, 3.63) is 39.1 Å². The maximum absolute atomic E-state index is 12.7. The molecule has 1 atom stereocenters. The normalized spacial score (nSPS) is 18.0. The minimum atomic E-state index is -3.65. The van der Waals surface area contributed by atoms with Gasteiger partial charge in [-0.3, -0.25) is 9.48 Å². The van der Waals surface area contributed by atoms with Crippen molar-refractivity contribution < 1.29 is 8.42 Å². The van der Waals surface area contributed by atoms with Crippen LogP contribution in [-0.4, -0.2) is 34.4 Å². The Morgan fingerprint density at radius 2 is 2.13 bits per heavy atom. The number of H-pyrrole nitrogens is 1. The van der Waals surface area contributed by atoms with E-state index in [9.17, 15) is 13.2 Å². The first-order valence-electron chi connectivity index (χ1n) is 7.38. The van der Waals surface area contributed by atoms with Crippen LogP contribution in [0.1, 0.15) is 29.1 Å². The van der Waals surface area contributed by atoms with E-state index in [1.54, 1.807) is 25.6 Å². The lowest BCUT2D eigenvalue weighted by atomic mass is 9.93. The van der Waals surface area contributed by atoms with Gasteiger partial charge in [-0.05, 0) is 38.7 Å². The molecule has 1 unspecified atom stereocenters. The fourth-order valence-electron chi connectivity index (χ4n) is 3.06. The highest BCUT2D eigenvalue weighted by Crippen LogP contribution is 2.22. The summed E-state index contributed by atoms with van der Waals surface area (Å²) in [5.41, 5.74) is 2.43. The Labute approximate surface area is 134 Å². The lowest BCUT2D eigenvalue weighted by molar-refractivity contribution is 0.499. The SMILES string of the molecule is Cc1nn(C)c(C)c1S(=O)(=O)NC1CCc2n[nH]c(=O)cc2C1. The first kappa shape index (κ1) is 15.9. The Morgan fingerprint density at radius 1 is 1.39 bits per heavy atom. The molecule has 0 saturated carbocycles. The molecule has 9 heteroatoms. The van der Waals surface area contributed by atoms with E-state index in [1.165, 1.54) is 6.07 Å². The number of aryl methyl sites for hydroxylation is 3. The van der Waals surface area contributed by atoms with Crippen LogP contribution in [-0.2, 0) is 29.9 Å². The van der Waals surface area contributed by atoms with Gasteiger partial charge in [0.1, 0.15) is 4.90 Å². The van der Waals surface area contributed by atoms with Gasteiger partial charge in [0.25, 0.3) is 5.56 Å².